The van der Waals surface area contributed by atoms with Crippen LogP contribution in [0, 0.1) is 0 Å². The van der Waals surface area contributed by atoms with Gasteiger partial charge in [-0.15, -0.1) is 0 Å². The van der Waals surface area contributed by atoms with Crippen molar-refractivity contribution in [2.45, 2.75) is 25.8 Å². The molecule has 1 heterocycles. The fraction of sp³-hybridized carbons (Fsp3) is 0.286. The van der Waals surface area contributed by atoms with Crippen LogP contribution in [0.25, 0.3) is 0 Å². The first-order chi connectivity index (χ1) is 8.74. The normalized spacial score (nSPS) is 12.6. The van der Waals surface area contributed by atoms with Gasteiger partial charge in [-0.2, -0.15) is 0 Å². The molecule has 1 aromatic carbocycles. The van der Waals surface area contributed by atoms with E-state index in [1.54, 1.807) is 6.07 Å². The minimum atomic E-state index is -0.172. The summed E-state index contributed by atoms with van der Waals surface area (Å²) in [5, 5.41) is 0.370. The summed E-state index contributed by atoms with van der Waals surface area (Å²) in [4.78, 5) is 0. The first kappa shape index (κ1) is 13.1. The molecule has 18 heavy (non-hydrogen) atoms. The van der Waals surface area contributed by atoms with Crippen molar-refractivity contribution in [3.63, 3.8) is 0 Å². The predicted octanol–water partition coefficient (Wildman–Crippen LogP) is 3.44. The Kier molecular flexibility index (Phi) is 4.42. The number of rotatable bonds is 5. The van der Waals surface area contributed by atoms with Crippen LogP contribution in [0.4, 0.5) is 0 Å². The minimum absolute atomic E-state index is 0.172. The van der Waals surface area contributed by atoms with Gasteiger partial charge < -0.3 is 4.42 Å². The molecule has 3 nitrogen and oxygen atoms in total. The van der Waals surface area contributed by atoms with E-state index in [1.807, 2.05) is 18.2 Å². The number of nitrogens with two attached hydrogens (primary N) is 1. The standard InChI is InChI=1S/C14H17ClN2O/c1-2-4-10-5-3-6-11(9-10)14(17-16)12-7-8-13(15)18-12/h3,5-9,14,17H,2,4,16H2,1H3. The molecule has 0 spiro atoms. The summed E-state index contributed by atoms with van der Waals surface area (Å²) >= 11 is 5.79. The van der Waals surface area contributed by atoms with Crippen LogP contribution in [0.1, 0.15) is 36.3 Å². The highest BCUT2D eigenvalue weighted by molar-refractivity contribution is 6.28. The van der Waals surface area contributed by atoms with Gasteiger partial charge in [0, 0.05) is 0 Å². The first-order valence-electron chi connectivity index (χ1n) is 6.04. The highest BCUT2D eigenvalue weighted by atomic mass is 35.5. The number of hydrogen-bond donors (Lipinski definition) is 2. The van der Waals surface area contributed by atoms with E-state index < -0.39 is 0 Å². The SMILES string of the molecule is CCCc1cccc(C(NN)c2ccc(Cl)o2)c1. The Morgan fingerprint density at radius 1 is 1.33 bits per heavy atom. The molecule has 0 aliphatic rings. The molecule has 2 rings (SSSR count). The lowest BCUT2D eigenvalue weighted by Gasteiger charge is -2.14. The molecule has 0 saturated heterocycles. The summed E-state index contributed by atoms with van der Waals surface area (Å²) in [6.45, 7) is 2.16. The zero-order valence-electron chi connectivity index (χ0n) is 10.3. The van der Waals surface area contributed by atoms with Crippen molar-refractivity contribution in [1.29, 1.82) is 0 Å². The smallest absolute Gasteiger partial charge is 0.193 e. The summed E-state index contributed by atoms with van der Waals surface area (Å²) in [6.07, 6.45) is 2.18. The maximum atomic E-state index is 5.79. The molecule has 1 aromatic heterocycles. The molecule has 2 aromatic rings. The van der Waals surface area contributed by atoms with Gasteiger partial charge in [0.25, 0.3) is 0 Å². The zero-order valence-corrected chi connectivity index (χ0v) is 11.1. The molecule has 0 bridgehead atoms. The number of hydrazine groups is 1. The first-order valence-corrected chi connectivity index (χ1v) is 6.42. The van der Waals surface area contributed by atoms with Gasteiger partial charge in [-0.1, -0.05) is 37.6 Å². The Morgan fingerprint density at radius 2 is 2.17 bits per heavy atom. The fourth-order valence-corrected chi connectivity index (χ4v) is 2.19. The summed E-state index contributed by atoms with van der Waals surface area (Å²) < 4.78 is 5.41. The number of benzene rings is 1. The number of hydrogen-bond acceptors (Lipinski definition) is 3. The van der Waals surface area contributed by atoms with Crippen LogP contribution in [0.15, 0.2) is 40.8 Å². The number of nitrogens with one attached hydrogen (secondary N) is 1. The highest BCUT2D eigenvalue weighted by Crippen LogP contribution is 2.26. The second kappa shape index (κ2) is 6.05. The van der Waals surface area contributed by atoms with Crippen LogP contribution in [0.2, 0.25) is 5.22 Å². The Morgan fingerprint density at radius 3 is 2.78 bits per heavy atom. The Hall–Kier alpha value is -1.29. The average molecular weight is 265 g/mol. The number of aryl methyl sites for hydroxylation is 1. The second-order valence-corrected chi connectivity index (χ2v) is 4.61. The van der Waals surface area contributed by atoms with Crippen molar-refractivity contribution in [1.82, 2.24) is 5.43 Å². The van der Waals surface area contributed by atoms with E-state index in [9.17, 15) is 0 Å². The molecule has 1 unspecified atom stereocenters. The average Bonchev–Trinajstić information content (AvgIpc) is 2.78. The van der Waals surface area contributed by atoms with E-state index in [0.29, 0.717) is 5.22 Å². The van der Waals surface area contributed by atoms with Crippen molar-refractivity contribution in [2.24, 2.45) is 5.84 Å². The van der Waals surface area contributed by atoms with Crippen molar-refractivity contribution in [3.8, 4) is 0 Å². The largest absolute Gasteiger partial charge is 0.448 e. The van der Waals surface area contributed by atoms with E-state index >= 15 is 0 Å². The molecule has 1 atom stereocenters. The third-order valence-electron chi connectivity index (χ3n) is 2.87. The third kappa shape index (κ3) is 2.93. The summed E-state index contributed by atoms with van der Waals surface area (Å²) in [6, 6.07) is 11.7. The minimum Gasteiger partial charge on any atom is -0.448 e. The van der Waals surface area contributed by atoms with Gasteiger partial charge in [0.05, 0.1) is 0 Å². The van der Waals surface area contributed by atoms with Gasteiger partial charge in [-0.05, 0) is 41.3 Å². The Labute approximate surface area is 112 Å². The Bertz CT molecular complexity index is 510. The summed E-state index contributed by atoms with van der Waals surface area (Å²) in [5.74, 6) is 6.34. The molecule has 96 valence electrons. The maximum Gasteiger partial charge on any atom is 0.193 e. The highest BCUT2D eigenvalue weighted by Gasteiger charge is 2.16. The molecular weight excluding hydrogens is 248 g/mol. The van der Waals surface area contributed by atoms with Gasteiger partial charge in [-0.25, -0.2) is 5.43 Å². The molecule has 0 saturated carbocycles. The lowest BCUT2D eigenvalue weighted by atomic mass is 10.0. The topological polar surface area (TPSA) is 51.2 Å². The summed E-state index contributed by atoms with van der Waals surface area (Å²) in [7, 11) is 0. The summed E-state index contributed by atoms with van der Waals surface area (Å²) in [5.41, 5.74) is 5.14. The lowest BCUT2D eigenvalue weighted by molar-refractivity contribution is 0.453. The van der Waals surface area contributed by atoms with Crippen molar-refractivity contribution >= 4 is 11.6 Å². The quantitative estimate of drug-likeness (QED) is 0.643. The van der Waals surface area contributed by atoms with Gasteiger partial charge >= 0.3 is 0 Å². The van der Waals surface area contributed by atoms with E-state index in [-0.39, 0.29) is 6.04 Å². The van der Waals surface area contributed by atoms with Crippen LogP contribution in [-0.2, 0) is 6.42 Å². The van der Waals surface area contributed by atoms with Gasteiger partial charge in [0.2, 0.25) is 0 Å². The molecule has 0 amide bonds. The molecular formula is C14H17ClN2O. The van der Waals surface area contributed by atoms with Crippen molar-refractivity contribution < 1.29 is 4.42 Å². The van der Waals surface area contributed by atoms with E-state index in [4.69, 9.17) is 21.9 Å². The van der Waals surface area contributed by atoms with E-state index in [1.165, 1.54) is 5.56 Å². The van der Waals surface area contributed by atoms with Crippen molar-refractivity contribution in [2.75, 3.05) is 0 Å². The molecule has 3 N–H and O–H groups in total. The van der Waals surface area contributed by atoms with Gasteiger partial charge in [0.15, 0.2) is 5.22 Å². The van der Waals surface area contributed by atoms with E-state index in [2.05, 4.69) is 24.5 Å². The number of furan rings is 1. The molecule has 0 fully saturated rings. The molecule has 0 aliphatic carbocycles. The van der Waals surface area contributed by atoms with Crippen LogP contribution in [0.3, 0.4) is 0 Å². The van der Waals surface area contributed by atoms with Crippen LogP contribution in [0.5, 0.6) is 0 Å². The van der Waals surface area contributed by atoms with E-state index in [0.717, 1.165) is 24.2 Å². The fourth-order valence-electron chi connectivity index (χ4n) is 2.04. The predicted molar refractivity (Wildman–Crippen MR) is 73.3 cm³/mol. The van der Waals surface area contributed by atoms with Gasteiger partial charge in [-0.3, -0.25) is 5.84 Å². The van der Waals surface area contributed by atoms with Crippen LogP contribution < -0.4 is 11.3 Å². The second-order valence-electron chi connectivity index (χ2n) is 4.24. The van der Waals surface area contributed by atoms with Gasteiger partial charge in [0.1, 0.15) is 11.8 Å². The monoisotopic (exact) mass is 264 g/mol. The van der Waals surface area contributed by atoms with Crippen LogP contribution >= 0.6 is 11.6 Å². The molecule has 0 aliphatic heterocycles. The lowest BCUT2D eigenvalue weighted by Crippen LogP contribution is -2.28. The Balaban J connectivity index is 2.29. The molecule has 0 radical (unpaired) electrons. The zero-order chi connectivity index (χ0) is 13.0. The third-order valence-corrected chi connectivity index (χ3v) is 3.07. The van der Waals surface area contributed by atoms with Crippen LogP contribution in [-0.4, -0.2) is 0 Å². The van der Waals surface area contributed by atoms with Crippen molar-refractivity contribution in [3.05, 3.63) is 58.5 Å². The maximum absolute atomic E-state index is 5.79. The number of halogens is 1. The molecule has 4 heteroatoms.